The Morgan fingerprint density at radius 3 is 0.921 bits per heavy atom. The molecule has 0 unspecified atom stereocenters. The van der Waals surface area contributed by atoms with Crippen LogP contribution in [-0.4, -0.2) is 37.2 Å². The molecule has 0 amide bonds. The molecule has 0 aliphatic carbocycles. The minimum Gasteiger partial charge on any atom is -0.462 e. The Bertz CT molecular complexity index is 1060. The van der Waals surface area contributed by atoms with Crippen LogP contribution >= 0.6 is 0 Å². The Hall–Kier alpha value is -2.37. The Kier molecular flexibility index (Phi) is 50.3. The zero-order chi connectivity index (χ0) is 45.8. The fourth-order valence-electron chi connectivity index (χ4n) is 7.98. The molecule has 0 rings (SSSR count). The van der Waals surface area contributed by atoms with E-state index in [1.165, 1.54) is 167 Å². The summed E-state index contributed by atoms with van der Waals surface area (Å²) in [5, 5.41) is 0. The predicted octanol–water partition coefficient (Wildman–Crippen LogP) is 18.1. The Morgan fingerprint density at radius 2 is 0.571 bits per heavy atom. The molecule has 63 heavy (non-hydrogen) atoms. The SMILES string of the molecule is CCCCC/C=C\C/C=C\C/C=C\CCCCCCC(=O)OC[C@@H](COC(=O)CCCCCCCCCCCCCCCC)OC(=O)CCCCCCCCCCCCCCCC. The minimum atomic E-state index is -0.776. The minimum absolute atomic E-state index is 0.0747. The summed E-state index contributed by atoms with van der Waals surface area (Å²) in [6, 6.07) is 0. The highest BCUT2D eigenvalue weighted by atomic mass is 16.6. The molecule has 0 fully saturated rings. The molecule has 0 spiro atoms. The van der Waals surface area contributed by atoms with Gasteiger partial charge < -0.3 is 14.2 Å². The molecule has 6 heteroatoms. The van der Waals surface area contributed by atoms with Gasteiger partial charge in [0.2, 0.25) is 0 Å². The second-order valence-corrected chi connectivity index (χ2v) is 18.5. The van der Waals surface area contributed by atoms with E-state index < -0.39 is 6.10 Å². The number of esters is 3. The van der Waals surface area contributed by atoms with Gasteiger partial charge in [-0.1, -0.05) is 250 Å². The molecular formula is C57H104O6. The monoisotopic (exact) mass is 885 g/mol. The maximum Gasteiger partial charge on any atom is 0.306 e. The average Bonchev–Trinajstić information content (AvgIpc) is 3.28. The lowest BCUT2D eigenvalue weighted by Gasteiger charge is -2.18. The Morgan fingerprint density at radius 1 is 0.317 bits per heavy atom. The van der Waals surface area contributed by atoms with Crippen molar-refractivity contribution in [3.63, 3.8) is 0 Å². The van der Waals surface area contributed by atoms with Crippen molar-refractivity contribution in [2.24, 2.45) is 0 Å². The quantitative estimate of drug-likeness (QED) is 0.0262. The second-order valence-electron chi connectivity index (χ2n) is 18.5. The molecule has 6 nitrogen and oxygen atoms in total. The van der Waals surface area contributed by atoms with E-state index >= 15 is 0 Å². The van der Waals surface area contributed by atoms with Gasteiger partial charge in [0.05, 0.1) is 0 Å². The fourth-order valence-corrected chi connectivity index (χ4v) is 7.98. The smallest absolute Gasteiger partial charge is 0.306 e. The molecule has 0 radical (unpaired) electrons. The molecule has 0 aromatic rings. The third kappa shape index (κ3) is 50.5. The zero-order valence-corrected chi connectivity index (χ0v) is 42.1. The highest BCUT2D eigenvalue weighted by Crippen LogP contribution is 2.16. The summed E-state index contributed by atoms with van der Waals surface area (Å²) in [4.78, 5) is 38.0. The van der Waals surface area contributed by atoms with Crippen LogP contribution in [0.15, 0.2) is 36.5 Å². The van der Waals surface area contributed by atoms with Gasteiger partial charge in [0.25, 0.3) is 0 Å². The third-order valence-electron chi connectivity index (χ3n) is 12.1. The molecular weight excluding hydrogens is 781 g/mol. The Balaban J connectivity index is 4.38. The second kappa shape index (κ2) is 52.3. The maximum absolute atomic E-state index is 12.8. The van der Waals surface area contributed by atoms with Crippen molar-refractivity contribution in [2.45, 2.75) is 297 Å². The van der Waals surface area contributed by atoms with E-state index in [4.69, 9.17) is 14.2 Å². The van der Waals surface area contributed by atoms with Crippen molar-refractivity contribution >= 4 is 17.9 Å². The van der Waals surface area contributed by atoms with Crippen molar-refractivity contribution in [2.75, 3.05) is 13.2 Å². The molecule has 0 aromatic heterocycles. The average molecular weight is 885 g/mol. The van der Waals surface area contributed by atoms with Crippen LogP contribution in [0, 0.1) is 0 Å². The normalized spacial score (nSPS) is 12.2. The number of rotatable bonds is 50. The zero-order valence-electron chi connectivity index (χ0n) is 42.1. The maximum atomic E-state index is 12.8. The highest BCUT2D eigenvalue weighted by Gasteiger charge is 2.19. The van der Waals surface area contributed by atoms with E-state index in [2.05, 4.69) is 57.2 Å². The van der Waals surface area contributed by atoms with E-state index in [1.54, 1.807) is 0 Å². The molecule has 0 saturated heterocycles. The number of carbonyl (C=O) groups excluding carboxylic acids is 3. The summed E-state index contributed by atoms with van der Waals surface area (Å²) < 4.78 is 16.8. The van der Waals surface area contributed by atoms with Crippen LogP contribution in [0.1, 0.15) is 290 Å². The molecule has 0 aromatic carbocycles. The lowest BCUT2D eigenvalue weighted by atomic mass is 10.0. The number of allylic oxidation sites excluding steroid dienone is 6. The first kappa shape index (κ1) is 60.6. The van der Waals surface area contributed by atoms with E-state index in [-0.39, 0.29) is 31.1 Å². The topological polar surface area (TPSA) is 78.9 Å². The first-order valence-corrected chi connectivity index (χ1v) is 27.5. The first-order valence-electron chi connectivity index (χ1n) is 27.5. The van der Waals surface area contributed by atoms with Crippen molar-refractivity contribution < 1.29 is 28.6 Å². The van der Waals surface area contributed by atoms with Gasteiger partial charge in [0.1, 0.15) is 13.2 Å². The summed E-state index contributed by atoms with van der Waals surface area (Å²) >= 11 is 0. The van der Waals surface area contributed by atoms with Crippen molar-refractivity contribution in [3.05, 3.63) is 36.5 Å². The molecule has 0 N–H and O–H groups in total. The molecule has 0 bridgehead atoms. The van der Waals surface area contributed by atoms with Gasteiger partial charge in [0, 0.05) is 19.3 Å². The molecule has 1 atom stereocenters. The highest BCUT2D eigenvalue weighted by molar-refractivity contribution is 5.71. The van der Waals surface area contributed by atoms with E-state index in [0.717, 1.165) is 83.5 Å². The van der Waals surface area contributed by atoms with Gasteiger partial charge in [-0.25, -0.2) is 0 Å². The molecule has 0 aliphatic rings. The van der Waals surface area contributed by atoms with E-state index in [9.17, 15) is 14.4 Å². The summed E-state index contributed by atoms with van der Waals surface area (Å²) in [5.41, 5.74) is 0. The Labute approximate surface area is 391 Å². The van der Waals surface area contributed by atoms with Gasteiger partial charge in [-0.05, 0) is 57.8 Å². The summed E-state index contributed by atoms with van der Waals surface area (Å²) in [6.45, 7) is 6.62. The number of hydrogen-bond donors (Lipinski definition) is 0. The van der Waals surface area contributed by atoms with Crippen LogP contribution in [-0.2, 0) is 28.6 Å². The van der Waals surface area contributed by atoms with Crippen molar-refractivity contribution in [1.82, 2.24) is 0 Å². The number of unbranched alkanes of at least 4 members (excludes halogenated alkanes) is 33. The van der Waals surface area contributed by atoms with Crippen LogP contribution in [0.25, 0.3) is 0 Å². The van der Waals surface area contributed by atoms with Crippen LogP contribution in [0.2, 0.25) is 0 Å². The van der Waals surface area contributed by atoms with Gasteiger partial charge in [0.15, 0.2) is 6.10 Å². The van der Waals surface area contributed by atoms with Crippen molar-refractivity contribution in [3.8, 4) is 0 Å². The first-order chi connectivity index (χ1) is 31.0. The van der Waals surface area contributed by atoms with Crippen LogP contribution < -0.4 is 0 Å². The molecule has 368 valence electrons. The predicted molar refractivity (Wildman–Crippen MR) is 270 cm³/mol. The van der Waals surface area contributed by atoms with Gasteiger partial charge >= 0.3 is 17.9 Å². The summed E-state index contributed by atoms with van der Waals surface area (Å²) in [6.07, 6.45) is 61.2. The van der Waals surface area contributed by atoms with Gasteiger partial charge in [-0.3, -0.25) is 14.4 Å². The van der Waals surface area contributed by atoms with Gasteiger partial charge in [-0.15, -0.1) is 0 Å². The van der Waals surface area contributed by atoms with Gasteiger partial charge in [-0.2, -0.15) is 0 Å². The summed E-state index contributed by atoms with van der Waals surface area (Å²) in [7, 11) is 0. The van der Waals surface area contributed by atoms with Crippen LogP contribution in [0.3, 0.4) is 0 Å². The summed E-state index contributed by atoms with van der Waals surface area (Å²) in [5.74, 6) is -0.881. The molecule has 0 saturated carbocycles. The molecule has 0 heterocycles. The van der Waals surface area contributed by atoms with Crippen molar-refractivity contribution in [1.29, 1.82) is 0 Å². The lowest BCUT2D eigenvalue weighted by Crippen LogP contribution is -2.30. The largest absolute Gasteiger partial charge is 0.462 e. The third-order valence-corrected chi connectivity index (χ3v) is 12.1. The lowest BCUT2D eigenvalue weighted by molar-refractivity contribution is -0.167. The number of carbonyl (C=O) groups is 3. The van der Waals surface area contributed by atoms with Crippen LogP contribution in [0.5, 0.6) is 0 Å². The standard InChI is InChI=1S/C57H104O6/c1-4-7-10-13-16-19-22-25-28-29-30-33-35-38-41-44-47-50-56(59)62-53-54(63-57(60)51-48-45-42-39-36-32-27-24-21-18-15-12-9-6-3)52-61-55(58)49-46-43-40-37-34-31-26-23-20-17-14-11-8-5-2/h16,19,25,28,30,33,54H,4-15,17-18,20-24,26-27,29,31-32,34-53H2,1-3H3/b19-16-,28-25-,33-30-/t54-/m1/s1. The number of hydrogen-bond acceptors (Lipinski definition) is 6. The van der Waals surface area contributed by atoms with E-state index in [1.807, 2.05) is 0 Å². The number of ether oxygens (including phenoxy) is 3. The molecule has 0 aliphatic heterocycles. The van der Waals surface area contributed by atoms with Crippen LogP contribution in [0.4, 0.5) is 0 Å². The van der Waals surface area contributed by atoms with E-state index in [0.29, 0.717) is 19.3 Å². The fraction of sp³-hybridized carbons (Fsp3) is 0.842.